The highest BCUT2D eigenvalue weighted by Crippen LogP contribution is 2.36. The fourth-order valence-corrected chi connectivity index (χ4v) is 4.49. The largest absolute Gasteiger partial charge is 0.495 e. The number of carbonyl (C=O) groups is 1. The molecule has 0 saturated heterocycles. The number of methoxy groups -OCH3 is 2. The van der Waals surface area contributed by atoms with Crippen molar-refractivity contribution in [3.8, 4) is 11.5 Å². The Morgan fingerprint density at radius 2 is 1.70 bits per heavy atom. The molecule has 0 heterocycles. The molecular formula is C22H30N2O5S. The zero-order chi connectivity index (χ0) is 22.5. The fourth-order valence-electron chi connectivity index (χ4n) is 2.97. The number of nitrogens with one attached hydrogen (secondary N) is 2. The summed E-state index contributed by atoms with van der Waals surface area (Å²) in [5, 5.41) is 2.78. The standard InChI is InChI=1S/C22H30N2O5S/c1-7-14(2)16(4)24-30(26,27)21-13-19(28-5)18(12-20(21)29-6)23-22(25)17-11-9-8-10-15(17)3/h8-14,16,24H,7H2,1-6H3,(H,23,25). The van der Waals surface area contributed by atoms with Crippen molar-refractivity contribution in [3.63, 3.8) is 0 Å². The highest BCUT2D eigenvalue weighted by atomic mass is 32.2. The molecule has 2 unspecified atom stereocenters. The van der Waals surface area contributed by atoms with Gasteiger partial charge in [0.25, 0.3) is 5.91 Å². The van der Waals surface area contributed by atoms with Crippen LogP contribution in [0.25, 0.3) is 0 Å². The molecule has 8 heteroatoms. The Labute approximate surface area is 178 Å². The number of amides is 1. The third-order valence-corrected chi connectivity index (χ3v) is 6.83. The zero-order valence-corrected chi connectivity index (χ0v) is 19.1. The van der Waals surface area contributed by atoms with Gasteiger partial charge >= 0.3 is 0 Å². The highest BCUT2D eigenvalue weighted by molar-refractivity contribution is 7.89. The maximum atomic E-state index is 13.0. The SMILES string of the molecule is CCC(C)C(C)NS(=O)(=O)c1cc(OC)c(NC(=O)c2ccccc2C)cc1OC. The van der Waals surface area contributed by atoms with Crippen LogP contribution in [0.2, 0.25) is 0 Å². The second-order valence-electron chi connectivity index (χ2n) is 7.27. The van der Waals surface area contributed by atoms with Crippen LogP contribution in [0.5, 0.6) is 11.5 Å². The summed E-state index contributed by atoms with van der Waals surface area (Å²) in [5.41, 5.74) is 1.65. The highest BCUT2D eigenvalue weighted by Gasteiger charge is 2.26. The molecule has 0 bridgehead atoms. The van der Waals surface area contributed by atoms with E-state index < -0.39 is 10.0 Å². The molecule has 0 aromatic heterocycles. The van der Waals surface area contributed by atoms with Crippen LogP contribution >= 0.6 is 0 Å². The second kappa shape index (κ2) is 9.95. The number of hydrogen-bond donors (Lipinski definition) is 2. The lowest BCUT2D eigenvalue weighted by Crippen LogP contribution is -2.37. The molecule has 1 amide bonds. The van der Waals surface area contributed by atoms with E-state index in [1.807, 2.05) is 39.8 Å². The number of rotatable bonds is 9. The molecule has 0 saturated carbocycles. The number of aryl methyl sites for hydroxylation is 1. The minimum atomic E-state index is -3.86. The van der Waals surface area contributed by atoms with E-state index in [0.29, 0.717) is 11.3 Å². The summed E-state index contributed by atoms with van der Waals surface area (Å²) in [6.07, 6.45) is 0.841. The summed E-state index contributed by atoms with van der Waals surface area (Å²) in [6.45, 7) is 7.65. The number of benzene rings is 2. The molecule has 0 aliphatic carbocycles. The van der Waals surface area contributed by atoms with Gasteiger partial charge in [0.15, 0.2) is 0 Å². The van der Waals surface area contributed by atoms with E-state index in [2.05, 4.69) is 10.0 Å². The minimum Gasteiger partial charge on any atom is -0.495 e. The van der Waals surface area contributed by atoms with Crippen LogP contribution in [-0.2, 0) is 10.0 Å². The fraction of sp³-hybridized carbons (Fsp3) is 0.409. The lowest BCUT2D eigenvalue weighted by Gasteiger charge is -2.21. The number of hydrogen-bond acceptors (Lipinski definition) is 5. The lowest BCUT2D eigenvalue weighted by molar-refractivity contribution is 0.102. The van der Waals surface area contributed by atoms with Gasteiger partial charge in [0.1, 0.15) is 16.4 Å². The maximum Gasteiger partial charge on any atom is 0.256 e. The van der Waals surface area contributed by atoms with Crippen molar-refractivity contribution in [1.29, 1.82) is 0 Å². The van der Waals surface area contributed by atoms with Gasteiger partial charge in [-0.2, -0.15) is 0 Å². The van der Waals surface area contributed by atoms with Crippen molar-refractivity contribution in [2.45, 2.75) is 45.1 Å². The molecule has 2 aromatic rings. The van der Waals surface area contributed by atoms with Crippen LogP contribution < -0.4 is 19.5 Å². The van der Waals surface area contributed by atoms with E-state index in [4.69, 9.17) is 9.47 Å². The summed E-state index contributed by atoms with van der Waals surface area (Å²) >= 11 is 0. The van der Waals surface area contributed by atoms with Gasteiger partial charge in [0, 0.05) is 23.7 Å². The van der Waals surface area contributed by atoms with Gasteiger partial charge in [0.2, 0.25) is 10.0 Å². The quantitative estimate of drug-likeness (QED) is 0.623. The summed E-state index contributed by atoms with van der Waals surface area (Å²) < 4.78 is 39.3. The molecule has 0 radical (unpaired) electrons. The van der Waals surface area contributed by atoms with Gasteiger partial charge in [-0.15, -0.1) is 0 Å². The number of anilines is 1. The van der Waals surface area contributed by atoms with E-state index in [9.17, 15) is 13.2 Å². The Kier molecular flexibility index (Phi) is 7.86. The average Bonchev–Trinajstić information content (AvgIpc) is 2.72. The summed E-state index contributed by atoms with van der Waals surface area (Å²) in [5.74, 6) is 0.168. The van der Waals surface area contributed by atoms with Crippen molar-refractivity contribution in [2.75, 3.05) is 19.5 Å². The average molecular weight is 435 g/mol. The molecule has 30 heavy (non-hydrogen) atoms. The molecule has 2 N–H and O–H groups in total. The van der Waals surface area contributed by atoms with Gasteiger partial charge in [-0.3, -0.25) is 4.79 Å². The Morgan fingerprint density at radius 3 is 2.27 bits per heavy atom. The molecule has 2 rings (SSSR count). The normalized spacial score (nSPS) is 13.4. The predicted molar refractivity (Wildman–Crippen MR) is 118 cm³/mol. The smallest absolute Gasteiger partial charge is 0.256 e. The maximum absolute atomic E-state index is 13.0. The molecular weight excluding hydrogens is 404 g/mol. The molecule has 2 atom stereocenters. The van der Waals surface area contributed by atoms with E-state index in [0.717, 1.165) is 12.0 Å². The van der Waals surface area contributed by atoms with E-state index in [-0.39, 0.29) is 34.3 Å². The second-order valence-corrected chi connectivity index (χ2v) is 8.95. The van der Waals surface area contributed by atoms with Crippen LogP contribution in [0.4, 0.5) is 5.69 Å². The Balaban J connectivity index is 2.43. The van der Waals surface area contributed by atoms with Gasteiger partial charge in [0.05, 0.1) is 19.9 Å². The Hall–Kier alpha value is -2.58. The molecule has 164 valence electrons. The van der Waals surface area contributed by atoms with Crippen LogP contribution in [0.3, 0.4) is 0 Å². The first-order valence-corrected chi connectivity index (χ1v) is 11.3. The van der Waals surface area contributed by atoms with Crippen molar-refractivity contribution >= 4 is 21.6 Å². The van der Waals surface area contributed by atoms with Crippen LogP contribution in [-0.4, -0.2) is 34.6 Å². The van der Waals surface area contributed by atoms with Crippen LogP contribution in [0.15, 0.2) is 41.3 Å². The van der Waals surface area contributed by atoms with Crippen molar-refractivity contribution in [3.05, 3.63) is 47.5 Å². The van der Waals surface area contributed by atoms with Gasteiger partial charge < -0.3 is 14.8 Å². The van der Waals surface area contributed by atoms with Gasteiger partial charge in [-0.25, -0.2) is 13.1 Å². The number of ether oxygens (including phenoxy) is 2. The molecule has 0 fully saturated rings. The topological polar surface area (TPSA) is 93.7 Å². The summed E-state index contributed by atoms with van der Waals surface area (Å²) in [4.78, 5) is 12.6. The number of sulfonamides is 1. The number of carbonyl (C=O) groups excluding carboxylic acids is 1. The van der Waals surface area contributed by atoms with Crippen LogP contribution in [0.1, 0.15) is 43.1 Å². The predicted octanol–water partition coefficient (Wildman–Crippen LogP) is 3.98. The third kappa shape index (κ3) is 5.31. The van der Waals surface area contributed by atoms with E-state index >= 15 is 0 Å². The molecule has 7 nitrogen and oxygen atoms in total. The first-order valence-electron chi connectivity index (χ1n) is 9.79. The van der Waals surface area contributed by atoms with Crippen molar-refractivity contribution in [1.82, 2.24) is 4.72 Å². The molecule has 0 spiro atoms. The van der Waals surface area contributed by atoms with Crippen LogP contribution in [0, 0.1) is 12.8 Å². The molecule has 0 aliphatic rings. The van der Waals surface area contributed by atoms with E-state index in [1.54, 1.807) is 12.1 Å². The summed E-state index contributed by atoms with van der Waals surface area (Å²) in [6, 6.07) is 9.74. The summed E-state index contributed by atoms with van der Waals surface area (Å²) in [7, 11) is -1.07. The third-order valence-electron chi connectivity index (χ3n) is 5.25. The first-order chi connectivity index (χ1) is 14.1. The molecule has 0 aliphatic heterocycles. The van der Waals surface area contributed by atoms with E-state index in [1.165, 1.54) is 26.4 Å². The zero-order valence-electron chi connectivity index (χ0n) is 18.3. The minimum absolute atomic E-state index is 0.0501. The Morgan fingerprint density at radius 1 is 1.07 bits per heavy atom. The first kappa shape index (κ1) is 23.7. The lowest BCUT2D eigenvalue weighted by atomic mass is 10.0. The Bertz CT molecular complexity index is 1000. The van der Waals surface area contributed by atoms with Gasteiger partial charge in [-0.1, -0.05) is 38.5 Å². The monoisotopic (exact) mass is 434 g/mol. The van der Waals surface area contributed by atoms with Crippen molar-refractivity contribution in [2.24, 2.45) is 5.92 Å². The molecule has 2 aromatic carbocycles. The van der Waals surface area contributed by atoms with Crippen molar-refractivity contribution < 1.29 is 22.7 Å². The van der Waals surface area contributed by atoms with Gasteiger partial charge in [-0.05, 0) is 31.4 Å².